The van der Waals surface area contributed by atoms with E-state index in [0.717, 1.165) is 64.8 Å². The van der Waals surface area contributed by atoms with Crippen molar-refractivity contribution < 1.29 is 19.7 Å². The Labute approximate surface area is 186 Å². The molecule has 5 nitrogen and oxygen atoms in total. The molecular weight excluding hydrogens is 390 g/mol. The molecule has 4 aliphatic carbocycles. The zero-order valence-electron chi connectivity index (χ0n) is 19.2. The van der Waals surface area contributed by atoms with Crippen molar-refractivity contribution in [3.8, 4) is 0 Å². The molecule has 0 unspecified atom stereocenters. The maximum Gasteiger partial charge on any atom is 0.303 e. The lowest BCUT2D eigenvalue weighted by Gasteiger charge is -2.58. The van der Waals surface area contributed by atoms with Gasteiger partial charge in [-0.05, 0) is 91.6 Å². The highest BCUT2D eigenvalue weighted by atomic mass is 16.5. The molecule has 5 rings (SSSR count). The van der Waals surface area contributed by atoms with Crippen molar-refractivity contribution in [2.45, 2.75) is 77.2 Å². The molecule has 1 saturated heterocycles. The van der Waals surface area contributed by atoms with Gasteiger partial charge < -0.3 is 19.8 Å². The number of allylic oxidation sites excluding steroid dienone is 4. The minimum atomic E-state index is -0.818. The fraction of sp³-hybridized carbons (Fsp3) is 0.808. The van der Waals surface area contributed by atoms with Crippen LogP contribution >= 0.6 is 0 Å². The van der Waals surface area contributed by atoms with Gasteiger partial charge in [-0.25, -0.2) is 0 Å². The summed E-state index contributed by atoms with van der Waals surface area (Å²) >= 11 is 0. The molecule has 0 bridgehead atoms. The second-order valence-corrected chi connectivity index (χ2v) is 11.3. The van der Waals surface area contributed by atoms with Gasteiger partial charge in [0.05, 0.1) is 18.8 Å². The van der Waals surface area contributed by atoms with Crippen LogP contribution in [0.5, 0.6) is 0 Å². The number of aliphatic carboxylic acids is 1. The van der Waals surface area contributed by atoms with Crippen LogP contribution < -0.4 is 0 Å². The number of fused-ring (bicyclic) bond motifs is 5. The minimum Gasteiger partial charge on any atom is -0.481 e. The summed E-state index contributed by atoms with van der Waals surface area (Å²) in [6.07, 6.45) is 13.0. The molecule has 5 aliphatic rings. The van der Waals surface area contributed by atoms with Gasteiger partial charge in [-0.3, -0.25) is 4.79 Å². The summed E-state index contributed by atoms with van der Waals surface area (Å²) in [6.45, 7) is 8.46. The van der Waals surface area contributed by atoms with Crippen LogP contribution in [-0.2, 0) is 9.53 Å². The number of carboxylic acid groups (broad SMARTS) is 1. The Bertz CT molecular complexity index is 799. The quantitative estimate of drug-likeness (QED) is 0.694. The topological polar surface area (TPSA) is 70.0 Å². The first kappa shape index (κ1) is 21.5. The molecule has 0 aromatic rings. The highest BCUT2D eigenvalue weighted by Gasteiger charge is 2.63. The third kappa shape index (κ3) is 3.30. The number of hydrogen-bond acceptors (Lipinski definition) is 4. The molecule has 0 amide bonds. The number of ether oxygens (including phenoxy) is 1. The molecule has 5 heteroatoms. The van der Waals surface area contributed by atoms with E-state index < -0.39 is 11.6 Å². The molecule has 0 spiro atoms. The van der Waals surface area contributed by atoms with Gasteiger partial charge in [-0.2, -0.15) is 0 Å². The molecule has 2 saturated carbocycles. The van der Waals surface area contributed by atoms with Crippen molar-refractivity contribution >= 4 is 5.97 Å². The van der Waals surface area contributed by atoms with Crippen molar-refractivity contribution in [3.05, 3.63) is 23.4 Å². The zero-order valence-corrected chi connectivity index (χ0v) is 19.2. The number of morpholine rings is 1. The summed E-state index contributed by atoms with van der Waals surface area (Å²) < 4.78 is 5.55. The molecule has 172 valence electrons. The Kier molecular flexibility index (Phi) is 5.29. The third-order valence-electron chi connectivity index (χ3n) is 10.2. The van der Waals surface area contributed by atoms with Crippen molar-refractivity contribution in [2.24, 2.45) is 28.6 Å². The van der Waals surface area contributed by atoms with E-state index in [1.807, 2.05) is 0 Å². The Morgan fingerprint density at radius 2 is 1.90 bits per heavy atom. The predicted octanol–water partition coefficient (Wildman–Crippen LogP) is 4.37. The number of aliphatic hydroxyl groups is 1. The highest BCUT2D eigenvalue weighted by Crippen LogP contribution is 2.67. The SMILES string of the molecule is C[C@]12CCC(N3CCOCC3)=CC1=CC[C@@H]1[C@@H]2CC[C@@]2(C)[C@H]1CC[C@]2(O)CCC(=O)O. The Balaban J connectivity index is 1.39. The van der Waals surface area contributed by atoms with Gasteiger partial charge in [0.15, 0.2) is 0 Å². The summed E-state index contributed by atoms with van der Waals surface area (Å²) in [5.74, 6) is 1.00. The average molecular weight is 430 g/mol. The fourth-order valence-corrected chi connectivity index (χ4v) is 8.25. The molecule has 3 fully saturated rings. The smallest absolute Gasteiger partial charge is 0.303 e. The molecule has 1 aliphatic heterocycles. The van der Waals surface area contributed by atoms with Crippen LogP contribution in [-0.4, -0.2) is 53.0 Å². The normalized spacial score (nSPS) is 44.6. The fourth-order valence-electron chi connectivity index (χ4n) is 8.25. The van der Waals surface area contributed by atoms with Crippen LogP contribution in [0.2, 0.25) is 0 Å². The van der Waals surface area contributed by atoms with Gasteiger partial charge in [0.2, 0.25) is 0 Å². The van der Waals surface area contributed by atoms with Gasteiger partial charge in [-0.15, -0.1) is 0 Å². The molecule has 2 N–H and O–H groups in total. The summed E-state index contributed by atoms with van der Waals surface area (Å²) in [5.41, 5.74) is 2.32. The van der Waals surface area contributed by atoms with Gasteiger partial charge >= 0.3 is 5.97 Å². The third-order valence-corrected chi connectivity index (χ3v) is 10.2. The number of carbonyl (C=O) groups is 1. The number of hydrogen-bond donors (Lipinski definition) is 2. The van der Waals surface area contributed by atoms with E-state index in [0.29, 0.717) is 24.2 Å². The lowest BCUT2D eigenvalue weighted by Crippen LogP contribution is -2.54. The predicted molar refractivity (Wildman–Crippen MR) is 119 cm³/mol. The molecule has 1 heterocycles. The molecule has 0 aromatic carbocycles. The van der Waals surface area contributed by atoms with Crippen LogP contribution in [0, 0.1) is 28.6 Å². The lowest BCUT2D eigenvalue weighted by molar-refractivity contribution is -0.145. The van der Waals surface area contributed by atoms with Crippen LogP contribution in [0.25, 0.3) is 0 Å². The largest absolute Gasteiger partial charge is 0.481 e. The molecule has 0 radical (unpaired) electrons. The summed E-state index contributed by atoms with van der Waals surface area (Å²) in [6, 6.07) is 0. The van der Waals surface area contributed by atoms with E-state index in [1.54, 1.807) is 5.57 Å². The molecule has 6 atom stereocenters. The molecule has 0 aromatic heterocycles. The summed E-state index contributed by atoms with van der Waals surface area (Å²) in [7, 11) is 0. The molecule has 31 heavy (non-hydrogen) atoms. The van der Waals surface area contributed by atoms with Crippen molar-refractivity contribution in [1.82, 2.24) is 4.90 Å². The van der Waals surface area contributed by atoms with E-state index in [1.165, 1.54) is 12.1 Å². The molecular formula is C26H39NO4. The van der Waals surface area contributed by atoms with Crippen LogP contribution in [0.1, 0.15) is 71.6 Å². The Morgan fingerprint density at radius 1 is 1.16 bits per heavy atom. The second-order valence-electron chi connectivity index (χ2n) is 11.3. The van der Waals surface area contributed by atoms with Crippen LogP contribution in [0.15, 0.2) is 23.4 Å². The Morgan fingerprint density at radius 3 is 2.65 bits per heavy atom. The summed E-state index contributed by atoms with van der Waals surface area (Å²) in [4.78, 5) is 13.7. The number of nitrogens with zero attached hydrogens (tertiary/aromatic N) is 1. The monoisotopic (exact) mass is 429 g/mol. The van der Waals surface area contributed by atoms with E-state index in [9.17, 15) is 15.0 Å². The van der Waals surface area contributed by atoms with Crippen molar-refractivity contribution in [3.63, 3.8) is 0 Å². The van der Waals surface area contributed by atoms with Gasteiger partial charge in [0.1, 0.15) is 0 Å². The zero-order chi connectivity index (χ0) is 21.9. The van der Waals surface area contributed by atoms with E-state index in [2.05, 4.69) is 30.9 Å². The first-order valence-electron chi connectivity index (χ1n) is 12.4. The van der Waals surface area contributed by atoms with Gasteiger partial charge in [0.25, 0.3) is 0 Å². The standard InChI is InChI=1S/C26H39NO4/c1-24-9-5-19(27-13-15-31-16-14-27)17-18(24)3-4-20-21(24)6-10-25(2)22(20)7-11-26(25,30)12-8-23(28)29/h3,17,20-22,30H,4-16H2,1-2H3,(H,28,29)/t20-,21+,22+,24+,25+,26+/m1/s1. The minimum absolute atomic E-state index is 0.0732. The maximum absolute atomic E-state index is 11.6. The lowest BCUT2D eigenvalue weighted by atomic mass is 9.47. The van der Waals surface area contributed by atoms with E-state index in [4.69, 9.17) is 4.74 Å². The van der Waals surface area contributed by atoms with Crippen molar-refractivity contribution in [2.75, 3.05) is 26.3 Å². The highest BCUT2D eigenvalue weighted by molar-refractivity contribution is 5.66. The van der Waals surface area contributed by atoms with Crippen LogP contribution in [0.4, 0.5) is 0 Å². The van der Waals surface area contributed by atoms with Gasteiger partial charge in [0, 0.05) is 25.2 Å². The van der Waals surface area contributed by atoms with Gasteiger partial charge in [-0.1, -0.05) is 19.9 Å². The summed E-state index contributed by atoms with van der Waals surface area (Å²) in [5, 5.41) is 20.8. The van der Waals surface area contributed by atoms with E-state index >= 15 is 0 Å². The average Bonchev–Trinajstić information content (AvgIpc) is 3.03. The Hall–Kier alpha value is -1.33. The maximum atomic E-state index is 11.6. The van der Waals surface area contributed by atoms with Crippen LogP contribution in [0.3, 0.4) is 0 Å². The second kappa shape index (κ2) is 7.62. The van der Waals surface area contributed by atoms with Crippen molar-refractivity contribution in [1.29, 1.82) is 0 Å². The first-order valence-corrected chi connectivity index (χ1v) is 12.4. The number of carboxylic acids is 1. The van der Waals surface area contributed by atoms with E-state index in [-0.39, 0.29) is 17.3 Å². The number of rotatable bonds is 4. The first-order chi connectivity index (χ1) is 14.8.